The Labute approximate surface area is 173 Å². The molecule has 0 aromatic heterocycles. The summed E-state index contributed by atoms with van der Waals surface area (Å²) in [5.41, 5.74) is 1.63. The van der Waals surface area contributed by atoms with Gasteiger partial charge < -0.3 is 10.6 Å². The summed E-state index contributed by atoms with van der Waals surface area (Å²) in [6, 6.07) is 17.6. The minimum atomic E-state index is -0.631. The van der Waals surface area contributed by atoms with E-state index in [1.807, 2.05) is 42.5 Å². The lowest BCUT2D eigenvalue weighted by molar-refractivity contribution is -0.130. The maximum atomic E-state index is 12.6. The van der Waals surface area contributed by atoms with Gasteiger partial charge in [0.05, 0.1) is 17.5 Å². The number of benzene rings is 2. The van der Waals surface area contributed by atoms with E-state index < -0.39 is 23.9 Å². The van der Waals surface area contributed by atoms with Gasteiger partial charge in [-0.25, -0.2) is 4.79 Å². The number of para-hydroxylation sites is 1. The number of hydrogen-bond acceptors (Lipinski definition) is 5. The molecule has 8 heteroatoms. The van der Waals surface area contributed by atoms with Crippen molar-refractivity contribution in [1.82, 2.24) is 10.2 Å². The van der Waals surface area contributed by atoms with Gasteiger partial charge in [0.25, 0.3) is 5.91 Å². The third-order valence-corrected chi connectivity index (χ3v) is 5.37. The van der Waals surface area contributed by atoms with Crippen LogP contribution in [0.4, 0.5) is 10.5 Å². The van der Waals surface area contributed by atoms with Gasteiger partial charge in [-0.15, -0.1) is 11.8 Å². The van der Waals surface area contributed by atoms with Gasteiger partial charge in [-0.3, -0.25) is 14.5 Å². The first kappa shape index (κ1) is 20.4. The van der Waals surface area contributed by atoms with Crippen LogP contribution in [0.25, 0.3) is 0 Å². The molecule has 1 heterocycles. The van der Waals surface area contributed by atoms with Crippen molar-refractivity contribution in [3.63, 3.8) is 0 Å². The summed E-state index contributed by atoms with van der Waals surface area (Å²) in [5, 5.41) is 14.1. The zero-order chi connectivity index (χ0) is 20.6. The number of carbonyl (C=O) groups is 3. The number of aryl methyl sites for hydroxylation is 1. The Kier molecular flexibility index (Phi) is 6.87. The van der Waals surface area contributed by atoms with Crippen LogP contribution in [0.2, 0.25) is 0 Å². The number of nitriles is 1. The Morgan fingerprint density at radius 1 is 1.14 bits per heavy atom. The summed E-state index contributed by atoms with van der Waals surface area (Å²) < 4.78 is 0. The molecule has 1 saturated heterocycles. The van der Waals surface area contributed by atoms with Crippen LogP contribution >= 0.6 is 11.8 Å². The summed E-state index contributed by atoms with van der Waals surface area (Å²) in [5.74, 6) is -0.612. The molecule has 0 spiro atoms. The Morgan fingerprint density at radius 3 is 2.62 bits per heavy atom. The highest BCUT2D eigenvalue weighted by Crippen LogP contribution is 2.26. The molecule has 0 saturated carbocycles. The van der Waals surface area contributed by atoms with E-state index in [2.05, 4.69) is 10.6 Å². The molecule has 29 heavy (non-hydrogen) atoms. The van der Waals surface area contributed by atoms with Gasteiger partial charge in [0.2, 0.25) is 5.91 Å². The Hall–Kier alpha value is -3.31. The molecule has 148 valence electrons. The maximum absolute atomic E-state index is 12.6. The molecule has 1 aliphatic heterocycles. The number of imide groups is 1. The molecular weight excluding hydrogens is 388 g/mol. The van der Waals surface area contributed by atoms with Crippen molar-refractivity contribution >= 4 is 35.3 Å². The summed E-state index contributed by atoms with van der Waals surface area (Å²) in [7, 11) is 0. The van der Waals surface area contributed by atoms with E-state index >= 15 is 0 Å². The topological polar surface area (TPSA) is 102 Å². The van der Waals surface area contributed by atoms with Crippen LogP contribution in [-0.2, 0) is 16.0 Å². The first-order chi connectivity index (χ1) is 14.1. The van der Waals surface area contributed by atoms with Gasteiger partial charge in [-0.2, -0.15) is 5.26 Å². The van der Waals surface area contributed by atoms with Gasteiger partial charge in [-0.05, 0) is 30.5 Å². The third-order valence-electron chi connectivity index (χ3n) is 4.43. The molecule has 2 aromatic carbocycles. The van der Waals surface area contributed by atoms with E-state index in [1.165, 1.54) is 11.8 Å². The molecule has 2 N–H and O–H groups in total. The van der Waals surface area contributed by atoms with Crippen LogP contribution in [0.15, 0.2) is 59.5 Å². The Balaban J connectivity index is 1.57. The van der Waals surface area contributed by atoms with E-state index in [4.69, 9.17) is 5.26 Å². The number of hydrogen-bond donors (Lipinski definition) is 2. The number of carbonyl (C=O) groups excluding carboxylic acids is 3. The second kappa shape index (κ2) is 9.75. The Bertz CT molecular complexity index is 942. The monoisotopic (exact) mass is 408 g/mol. The van der Waals surface area contributed by atoms with Gasteiger partial charge in [0.1, 0.15) is 12.6 Å². The van der Waals surface area contributed by atoms with Crippen LogP contribution in [0, 0.1) is 11.3 Å². The molecule has 1 aliphatic rings. The molecule has 0 radical (unpaired) electrons. The average molecular weight is 408 g/mol. The quantitative estimate of drug-likeness (QED) is 0.517. The number of nitrogens with zero attached hydrogens (tertiary/aromatic N) is 2. The predicted octanol–water partition coefficient (Wildman–Crippen LogP) is 2.79. The van der Waals surface area contributed by atoms with E-state index in [1.54, 1.807) is 18.2 Å². The summed E-state index contributed by atoms with van der Waals surface area (Å²) in [4.78, 5) is 38.8. The van der Waals surface area contributed by atoms with E-state index in [9.17, 15) is 14.4 Å². The number of anilines is 1. The first-order valence-corrected chi connectivity index (χ1v) is 10.1. The van der Waals surface area contributed by atoms with E-state index in [-0.39, 0.29) is 12.3 Å². The lowest BCUT2D eigenvalue weighted by atomic mass is 10.1. The van der Waals surface area contributed by atoms with Gasteiger partial charge in [0.15, 0.2) is 0 Å². The molecule has 1 atom stereocenters. The van der Waals surface area contributed by atoms with Crippen LogP contribution in [0.3, 0.4) is 0 Å². The lowest BCUT2D eigenvalue weighted by Crippen LogP contribution is -2.38. The summed E-state index contributed by atoms with van der Waals surface area (Å²) >= 11 is 1.30. The second-order valence-corrected chi connectivity index (χ2v) is 7.46. The van der Waals surface area contributed by atoms with Crippen molar-refractivity contribution < 1.29 is 14.4 Å². The number of thioether (sulfide) groups is 1. The molecule has 0 unspecified atom stereocenters. The fourth-order valence-corrected chi connectivity index (χ4v) is 3.69. The molecule has 7 nitrogen and oxygen atoms in total. The zero-order valence-corrected chi connectivity index (χ0v) is 16.4. The van der Waals surface area contributed by atoms with E-state index in [0.29, 0.717) is 18.5 Å². The first-order valence-electron chi connectivity index (χ1n) is 9.13. The molecule has 0 bridgehead atoms. The maximum Gasteiger partial charge on any atom is 0.325 e. The third kappa shape index (κ3) is 5.36. The smallest absolute Gasteiger partial charge is 0.325 e. The van der Waals surface area contributed by atoms with Crippen LogP contribution in [-0.4, -0.2) is 41.1 Å². The predicted molar refractivity (Wildman–Crippen MR) is 110 cm³/mol. The molecule has 1 fully saturated rings. The minimum Gasteiger partial charge on any atom is -0.326 e. The highest BCUT2D eigenvalue weighted by Gasteiger charge is 2.38. The standard InChI is InChI=1S/C21H20N4O3S/c22-12-13-29-18-9-5-4-8-16(18)23-19(26)14-25-20(27)17(24-21(25)28)11-10-15-6-2-1-3-7-15/h1-9,17H,10-11,13-14H2,(H,23,26)(H,24,28)/t17-/m0/s1. The number of urea groups is 1. The van der Waals surface area contributed by atoms with Crippen molar-refractivity contribution in [3.05, 3.63) is 60.2 Å². The van der Waals surface area contributed by atoms with Crippen molar-refractivity contribution in [1.29, 1.82) is 5.26 Å². The SMILES string of the molecule is N#CCSc1ccccc1NC(=O)CN1C(=O)N[C@@H](CCc2ccccc2)C1=O. The summed E-state index contributed by atoms with van der Waals surface area (Å²) in [6.07, 6.45) is 1.13. The lowest BCUT2D eigenvalue weighted by Gasteiger charge is -2.14. The molecule has 4 amide bonds. The van der Waals surface area contributed by atoms with Crippen molar-refractivity contribution in [2.75, 3.05) is 17.6 Å². The van der Waals surface area contributed by atoms with Crippen molar-refractivity contribution in [2.24, 2.45) is 0 Å². The van der Waals surface area contributed by atoms with Gasteiger partial charge in [0, 0.05) is 4.90 Å². The fraction of sp³-hybridized carbons (Fsp3) is 0.238. The molecule has 0 aliphatic carbocycles. The molecule has 2 aromatic rings. The number of rotatable bonds is 8. The van der Waals surface area contributed by atoms with Crippen molar-refractivity contribution in [2.45, 2.75) is 23.8 Å². The fourth-order valence-electron chi connectivity index (χ4n) is 3.02. The number of amides is 4. The van der Waals surface area contributed by atoms with Crippen LogP contribution in [0.1, 0.15) is 12.0 Å². The second-order valence-electron chi connectivity index (χ2n) is 6.44. The highest BCUT2D eigenvalue weighted by atomic mass is 32.2. The van der Waals surface area contributed by atoms with Crippen LogP contribution in [0.5, 0.6) is 0 Å². The average Bonchev–Trinajstić information content (AvgIpc) is 3.00. The summed E-state index contributed by atoms with van der Waals surface area (Å²) in [6.45, 7) is -0.357. The van der Waals surface area contributed by atoms with Gasteiger partial charge >= 0.3 is 6.03 Å². The molecule has 3 rings (SSSR count). The van der Waals surface area contributed by atoms with Crippen LogP contribution < -0.4 is 10.6 Å². The molecular formula is C21H20N4O3S. The normalized spacial score (nSPS) is 15.7. The minimum absolute atomic E-state index is 0.253. The number of nitrogens with one attached hydrogen (secondary N) is 2. The Morgan fingerprint density at radius 2 is 1.86 bits per heavy atom. The largest absolute Gasteiger partial charge is 0.326 e. The van der Waals surface area contributed by atoms with Gasteiger partial charge in [-0.1, -0.05) is 42.5 Å². The highest BCUT2D eigenvalue weighted by molar-refractivity contribution is 7.99. The van der Waals surface area contributed by atoms with E-state index in [0.717, 1.165) is 15.4 Å². The van der Waals surface area contributed by atoms with Crippen molar-refractivity contribution in [3.8, 4) is 6.07 Å². The zero-order valence-electron chi connectivity index (χ0n) is 15.6.